The number of carbonyl (C=O) groups is 4. The van der Waals surface area contributed by atoms with Gasteiger partial charge < -0.3 is 15.4 Å². The number of aromatic nitrogens is 3. The number of hydrogen-bond acceptors (Lipinski definition) is 9. The van der Waals surface area contributed by atoms with Crippen LogP contribution in [0.4, 0.5) is 0 Å². The van der Waals surface area contributed by atoms with Gasteiger partial charge in [-0.3, -0.25) is 19.2 Å². The van der Waals surface area contributed by atoms with E-state index in [9.17, 15) is 27.6 Å². The molecule has 0 bridgehead atoms. The zero-order valence-electron chi connectivity index (χ0n) is 21.9. The van der Waals surface area contributed by atoms with Gasteiger partial charge in [0.15, 0.2) is 17.2 Å². The van der Waals surface area contributed by atoms with Crippen molar-refractivity contribution in [1.82, 2.24) is 29.5 Å². The summed E-state index contributed by atoms with van der Waals surface area (Å²) in [5.74, 6) is -0.833. The van der Waals surface area contributed by atoms with Crippen LogP contribution in [-0.2, 0) is 32.6 Å². The molecule has 1 saturated heterocycles. The molecule has 2 aromatic heterocycles. The Bertz CT molecular complexity index is 1630. The predicted octanol–water partition coefficient (Wildman–Crippen LogP) is 0.132. The minimum Gasteiger partial charge on any atom is -0.486 e. The van der Waals surface area contributed by atoms with E-state index in [4.69, 9.17) is 4.74 Å². The van der Waals surface area contributed by atoms with Gasteiger partial charge in [0.1, 0.15) is 23.7 Å². The van der Waals surface area contributed by atoms with E-state index >= 15 is 0 Å². The number of sulfonamides is 1. The third-order valence-electron chi connectivity index (χ3n) is 6.89. The number of benzene rings is 1. The van der Waals surface area contributed by atoms with Crippen LogP contribution in [0.25, 0.3) is 5.65 Å². The monoisotopic (exact) mass is 568 g/mol. The number of rotatable bonds is 9. The van der Waals surface area contributed by atoms with Crippen LogP contribution in [0, 0.1) is 5.92 Å². The first-order chi connectivity index (χ1) is 19.0. The molecule has 2 aliphatic heterocycles. The molecule has 0 saturated carbocycles. The van der Waals surface area contributed by atoms with Gasteiger partial charge in [0.05, 0.1) is 18.5 Å². The molecule has 13 nitrogen and oxygen atoms in total. The van der Waals surface area contributed by atoms with Crippen molar-refractivity contribution in [3.8, 4) is 5.75 Å². The average Bonchev–Trinajstić information content (AvgIpc) is 3.36. The van der Waals surface area contributed by atoms with E-state index in [1.807, 2.05) is 0 Å². The van der Waals surface area contributed by atoms with Crippen molar-refractivity contribution in [1.29, 1.82) is 0 Å². The topological polar surface area (TPSA) is 169 Å². The highest BCUT2D eigenvalue weighted by Crippen LogP contribution is 2.25. The minimum absolute atomic E-state index is 0.0102. The van der Waals surface area contributed by atoms with Gasteiger partial charge in [-0.25, -0.2) is 22.2 Å². The SMILES string of the molecule is C[C@H](NC(=O)c1cc(C(=O)NCc2ccc3c(c2)CC(=O)CO3)nc2ccnn12)C(=O)CC1CN(S(C)(=O)=O)C1. The Morgan fingerprint density at radius 3 is 2.67 bits per heavy atom. The molecule has 5 rings (SSSR count). The quantitative estimate of drug-likeness (QED) is 0.364. The second-order valence-electron chi connectivity index (χ2n) is 10.1. The second-order valence-corrected chi connectivity index (χ2v) is 12.1. The summed E-state index contributed by atoms with van der Waals surface area (Å²) in [6.07, 6.45) is 2.98. The molecule has 40 heavy (non-hydrogen) atoms. The molecule has 1 atom stereocenters. The maximum Gasteiger partial charge on any atom is 0.270 e. The molecule has 0 radical (unpaired) electrons. The highest BCUT2D eigenvalue weighted by atomic mass is 32.2. The van der Waals surface area contributed by atoms with Crippen molar-refractivity contribution in [3.05, 3.63) is 59.0 Å². The molecule has 210 valence electrons. The number of fused-ring (bicyclic) bond motifs is 2. The summed E-state index contributed by atoms with van der Waals surface area (Å²) in [4.78, 5) is 54.8. The van der Waals surface area contributed by atoms with Crippen molar-refractivity contribution in [3.63, 3.8) is 0 Å². The highest BCUT2D eigenvalue weighted by Gasteiger charge is 2.35. The van der Waals surface area contributed by atoms with Crippen molar-refractivity contribution in [2.45, 2.75) is 32.4 Å². The van der Waals surface area contributed by atoms with E-state index in [0.717, 1.165) is 17.4 Å². The normalized spacial score (nSPS) is 16.5. The second kappa shape index (κ2) is 10.8. The number of carbonyl (C=O) groups excluding carboxylic acids is 4. The smallest absolute Gasteiger partial charge is 0.270 e. The van der Waals surface area contributed by atoms with E-state index in [1.165, 1.54) is 21.1 Å². The van der Waals surface area contributed by atoms with Gasteiger partial charge in [0.2, 0.25) is 10.0 Å². The third kappa shape index (κ3) is 5.87. The molecular formula is C26H28N6O7S. The third-order valence-corrected chi connectivity index (χ3v) is 8.13. The highest BCUT2D eigenvalue weighted by molar-refractivity contribution is 7.88. The summed E-state index contributed by atoms with van der Waals surface area (Å²) < 4.78 is 31.1. The molecule has 0 spiro atoms. The number of amides is 2. The van der Waals surface area contributed by atoms with Crippen LogP contribution in [0.1, 0.15) is 45.4 Å². The van der Waals surface area contributed by atoms with Crippen LogP contribution < -0.4 is 15.4 Å². The van der Waals surface area contributed by atoms with Crippen molar-refractivity contribution in [2.75, 3.05) is 26.0 Å². The molecule has 1 aromatic carbocycles. The predicted molar refractivity (Wildman–Crippen MR) is 141 cm³/mol. The number of ketones is 2. The molecule has 2 aliphatic rings. The number of ether oxygens (including phenoxy) is 1. The van der Waals surface area contributed by atoms with Crippen LogP contribution in [0.2, 0.25) is 0 Å². The molecule has 3 aromatic rings. The minimum atomic E-state index is -3.28. The molecule has 4 heterocycles. The van der Waals surface area contributed by atoms with Crippen LogP contribution in [-0.4, -0.2) is 82.7 Å². The zero-order valence-corrected chi connectivity index (χ0v) is 22.7. The average molecular weight is 569 g/mol. The first-order valence-corrected chi connectivity index (χ1v) is 14.5. The van der Waals surface area contributed by atoms with Gasteiger partial charge in [-0.15, -0.1) is 0 Å². The maximum absolute atomic E-state index is 13.1. The first-order valence-electron chi connectivity index (χ1n) is 12.7. The summed E-state index contributed by atoms with van der Waals surface area (Å²) >= 11 is 0. The molecule has 1 fully saturated rings. The van der Waals surface area contributed by atoms with Gasteiger partial charge in [-0.2, -0.15) is 5.10 Å². The van der Waals surface area contributed by atoms with E-state index < -0.39 is 27.9 Å². The summed E-state index contributed by atoms with van der Waals surface area (Å²) in [6.45, 7) is 2.33. The number of nitrogens with zero attached hydrogens (tertiary/aromatic N) is 4. The molecule has 0 unspecified atom stereocenters. The lowest BCUT2D eigenvalue weighted by atomic mass is 9.94. The van der Waals surface area contributed by atoms with Crippen molar-refractivity contribution in [2.24, 2.45) is 5.92 Å². The first kappa shape index (κ1) is 27.4. The fraction of sp³-hybridized carbons (Fsp3) is 0.385. The van der Waals surface area contributed by atoms with Crippen LogP contribution >= 0.6 is 0 Å². The lowest BCUT2D eigenvalue weighted by Gasteiger charge is -2.37. The van der Waals surface area contributed by atoms with Gasteiger partial charge in [-0.1, -0.05) is 6.07 Å². The number of hydrogen-bond donors (Lipinski definition) is 2. The molecule has 14 heteroatoms. The van der Waals surface area contributed by atoms with E-state index in [1.54, 1.807) is 31.2 Å². The van der Waals surface area contributed by atoms with Gasteiger partial charge >= 0.3 is 0 Å². The fourth-order valence-corrected chi connectivity index (χ4v) is 5.61. The van der Waals surface area contributed by atoms with Gasteiger partial charge in [0, 0.05) is 50.2 Å². The molecule has 0 aliphatic carbocycles. The standard InChI is InChI=1S/C26H28N6O7S/c1-15(22(34)8-17-12-31(13-17)40(2,37)38)29-26(36)21-10-20(30-24-5-6-28-32(21)24)25(35)27-11-16-3-4-23-18(7-16)9-19(33)14-39-23/h3-7,10,15,17H,8-9,11-14H2,1-2H3,(H,27,35)(H,29,36)/t15-/m0/s1. The lowest BCUT2D eigenvalue weighted by molar-refractivity contribution is -0.122. The zero-order chi connectivity index (χ0) is 28.6. The summed E-state index contributed by atoms with van der Waals surface area (Å²) in [5.41, 5.74) is 1.82. The fourth-order valence-electron chi connectivity index (χ4n) is 4.64. The van der Waals surface area contributed by atoms with Crippen LogP contribution in [0.5, 0.6) is 5.75 Å². The number of Topliss-reactive ketones (excluding diaryl/α,β-unsaturated/α-hetero) is 2. The maximum atomic E-state index is 13.1. The molecular weight excluding hydrogens is 540 g/mol. The van der Waals surface area contributed by atoms with Crippen molar-refractivity contribution >= 4 is 39.1 Å². The Labute approximate surface area is 229 Å². The van der Waals surface area contributed by atoms with E-state index in [-0.39, 0.29) is 73.6 Å². The summed E-state index contributed by atoms with van der Waals surface area (Å²) in [5, 5.41) is 9.53. The van der Waals surface area contributed by atoms with Crippen molar-refractivity contribution < 1.29 is 32.3 Å². The summed E-state index contributed by atoms with van der Waals surface area (Å²) in [6, 6.07) is 7.37. The Morgan fingerprint density at radius 1 is 1.15 bits per heavy atom. The lowest BCUT2D eigenvalue weighted by Crippen LogP contribution is -2.51. The van der Waals surface area contributed by atoms with E-state index in [0.29, 0.717) is 5.75 Å². The largest absolute Gasteiger partial charge is 0.486 e. The molecule has 2 amide bonds. The van der Waals surface area contributed by atoms with Gasteiger partial charge in [-0.05, 0) is 30.5 Å². The van der Waals surface area contributed by atoms with E-state index in [2.05, 4.69) is 20.7 Å². The van der Waals surface area contributed by atoms with Crippen LogP contribution in [0.3, 0.4) is 0 Å². The van der Waals surface area contributed by atoms with Gasteiger partial charge in [0.25, 0.3) is 11.8 Å². The Hall–Kier alpha value is -4.17. The Balaban J connectivity index is 1.23. The molecule has 2 N–H and O–H groups in total. The summed E-state index contributed by atoms with van der Waals surface area (Å²) in [7, 11) is -3.28. The Kier molecular flexibility index (Phi) is 7.38. The number of nitrogens with one attached hydrogen (secondary N) is 2. The van der Waals surface area contributed by atoms with Crippen LogP contribution in [0.15, 0.2) is 36.5 Å². The Morgan fingerprint density at radius 2 is 1.93 bits per heavy atom.